The summed E-state index contributed by atoms with van der Waals surface area (Å²) in [6.07, 6.45) is 6.00. The molecule has 0 bridgehead atoms. The van der Waals surface area contributed by atoms with Crippen molar-refractivity contribution in [3.05, 3.63) is 53.4 Å². The fraction of sp³-hybridized carbons (Fsp3) is 0.393. The highest BCUT2D eigenvalue weighted by Gasteiger charge is 2.27. The maximum absolute atomic E-state index is 13.5. The van der Waals surface area contributed by atoms with Gasteiger partial charge in [-0.15, -0.1) is 5.10 Å². The van der Waals surface area contributed by atoms with Gasteiger partial charge in [0.25, 0.3) is 5.91 Å². The minimum absolute atomic E-state index is 0.00574. The SMILES string of the molecule is CN(C)CCOC1CCN(C(=O)Cn2cc(NC(=O)c3c(N)nn4cccnc34)c(-c3cc(Cl)ccc3OC(F)F)n2)CC1. The summed E-state index contributed by atoms with van der Waals surface area (Å²) in [7, 11) is 3.96. The zero-order chi connectivity index (χ0) is 31.4. The minimum Gasteiger partial charge on any atom is -0.434 e. The number of piperidine rings is 1. The highest BCUT2D eigenvalue weighted by atomic mass is 35.5. The number of halogens is 3. The second-order valence-corrected chi connectivity index (χ2v) is 10.9. The number of likely N-dealkylation sites (tertiary alicyclic amines) is 1. The van der Waals surface area contributed by atoms with Crippen molar-refractivity contribution < 1.29 is 27.8 Å². The van der Waals surface area contributed by atoms with Gasteiger partial charge in [-0.25, -0.2) is 9.50 Å². The number of fused-ring (bicyclic) bond motifs is 1. The Morgan fingerprint density at radius 2 is 2.00 bits per heavy atom. The van der Waals surface area contributed by atoms with Crippen molar-refractivity contribution in [3.63, 3.8) is 0 Å². The molecule has 3 aromatic heterocycles. The average molecular weight is 632 g/mol. The highest BCUT2D eigenvalue weighted by Crippen LogP contribution is 2.37. The molecular weight excluding hydrogens is 600 g/mol. The fourth-order valence-electron chi connectivity index (χ4n) is 4.90. The first-order valence-corrected chi connectivity index (χ1v) is 14.2. The van der Waals surface area contributed by atoms with E-state index in [1.165, 1.54) is 39.8 Å². The van der Waals surface area contributed by atoms with E-state index in [0.717, 1.165) is 6.54 Å². The molecule has 1 aliphatic rings. The van der Waals surface area contributed by atoms with Crippen LogP contribution in [0.15, 0.2) is 42.9 Å². The zero-order valence-corrected chi connectivity index (χ0v) is 24.9. The summed E-state index contributed by atoms with van der Waals surface area (Å²) in [4.78, 5) is 34.7. The number of nitrogens with one attached hydrogen (secondary N) is 1. The lowest BCUT2D eigenvalue weighted by atomic mass is 10.1. The number of hydrogen-bond donors (Lipinski definition) is 2. The summed E-state index contributed by atoms with van der Waals surface area (Å²) in [5.74, 6) is -1.15. The Labute approximate surface area is 256 Å². The molecule has 0 unspecified atom stereocenters. The van der Waals surface area contributed by atoms with Gasteiger partial charge in [0.1, 0.15) is 23.6 Å². The zero-order valence-electron chi connectivity index (χ0n) is 24.1. The third-order valence-corrected chi connectivity index (χ3v) is 7.29. The van der Waals surface area contributed by atoms with Gasteiger partial charge >= 0.3 is 6.61 Å². The molecule has 1 aromatic carbocycles. The Kier molecular flexibility index (Phi) is 9.56. The molecule has 0 spiro atoms. The van der Waals surface area contributed by atoms with Crippen LogP contribution in [0.25, 0.3) is 16.9 Å². The largest absolute Gasteiger partial charge is 0.434 e. The number of nitrogens with two attached hydrogens (primary N) is 1. The molecule has 16 heteroatoms. The lowest BCUT2D eigenvalue weighted by Crippen LogP contribution is -2.42. The number of carbonyl (C=O) groups is 2. The van der Waals surface area contributed by atoms with E-state index in [2.05, 4.69) is 20.5 Å². The maximum atomic E-state index is 13.5. The van der Waals surface area contributed by atoms with E-state index in [1.807, 2.05) is 19.0 Å². The van der Waals surface area contributed by atoms with E-state index < -0.39 is 12.5 Å². The Morgan fingerprint density at radius 3 is 2.73 bits per heavy atom. The normalized spacial score (nSPS) is 14.1. The highest BCUT2D eigenvalue weighted by molar-refractivity contribution is 6.31. The van der Waals surface area contributed by atoms with E-state index in [9.17, 15) is 18.4 Å². The first-order valence-electron chi connectivity index (χ1n) is 13.9. The number of anilines is 2. The van der Waals surface area contributed by atoms with Gasteiger partial charge in [0.15, 0.2) is 11.5 Å². The van der Waals surface area contributed by atoms with Crippen LogP contribution in [0.1, 0.15) is 23.2 Å². The van der Waals surface area contributed by atoms with Crippen LogP contribution in [0.4, 0.5) is 20.3 Å². The molecule has 44 heavy (non-hydrogen) atoms. The molecule has 13 nitrogen and oxygen atoms in total. The predicted molar refractivity (Wildman–Crippen MR) is 159 cm³/mol. The molecular formula is C28H32ClF2N9O4. The number of nitrogens with zero attached hydrogens (tertiary/aromatic N) is 7. The summed E-state index contributed by atoms with van der Waals surface area (Å²) in [6.45, 7) is -0.822. The van der Waals surface area contributed by atoms with Crippen molar-refractivity contribution in [2.75, 3.05) is 51.4 Å². The number of hydrogen-bond acceptors (Lipinski definition) is 9. The Balaban J connectivity index is 1.40. The van der Waals surface area contributed by atoms with Gasteiger partial charge in [0.05, 0.1) is 18.4 Å². The topological polar surface area (TPSA) is 145 Å². The van der Waals surface area contributed by atoms with Crippen molar-refractivity contribution in [1.82, 2.24) is 34.2 Å². The Bertz CT molecular complexity index is 1640. The summed E-state index contributed by atoms with van der Waals surface area (Å²) >= 11 is 6.21. The number of aromatic nitrogens is 5. The molecule has 1 fully saturated rings. The Hall–Kier alpha value is -4.34. The van der Waals surface area contributed by atoms with Gasteiger partial charge in [-0.3, -0.25) is 14.3 Å². The fourth-order valence-corrected chi connectivity index (χ4v) is 5.07. The molecule has 2 amide bonds. The smallest absolute Gasteiger partial charge is 0.387 e. The van der Waals surface area contributed by atoms with E-state index in [0.29, 0.717) is 32.5 Å². The van der Waals surface area contributed by atoms with Crippen LogP contribution in [0.5, 0.6) is 5.75 Å². The number of nitrogen functional groups attached to an aromatic ring is 1. The minimum atomic E-state index is -3.13. The van der Waals surface area contributed by atoms with Crippen molar-refractivity contribution in [2.45, 2.75) is 32.1 Å². The van der Waals surface area contributed by atoms with Gasteiger partial charge in [0, 0.05) is 48.8 Å². The molecule has 5 rings (SSSR count). The van der Waals surface area contributed by atoms with Crippen LogP contribution in [0.3, 0.4) is 0 Å². The second kappa shape index (κ2) is 13.5. The summed E-state index contributed by atoms with van der Waals surface area (Å²) in [6, 6.07) is 5.68. The number of rotatable bonds is 11. The van der Waals surface area contributed by atoms with Gasteiger partial charge in [-0.1, -0.05) is 11.6 Å². The van der Waals surface area contributed by atoms with E-state index in [-0.39, 0.29) is 63.3 Å². The van der Waals surface area contributed by atoms with Crippen LogP contribution in [-0.2, 0) is 16.1 Å². The van der Waals surface area contributed by atoms with Gasteiger partial charge in [-0.05, 0) is 51.2 Å². The van der Waals surface area contributed by atoms with Gasteiger partial charge in [-0.2, -0.15) is 13.9 Å². The molecule has 234 valence electrons. The van der Waals surface area contributed by atoms with Crippen molar-refractivity contribution >= 4 is 40.6 Å². The summed E-state index contributed by atoms with van der Waals surface area (Å²) in [5, 5.41) is 11.5. The molecule has 1 aliphatic heterocycles. The van der Waals surface area contributed by atoms with Crippen LogP contribution in [0, 0.1) is 0 Å². The molecule has 0 atom stereocenters. The number of ether oxygens (including phenoxy) is 2. The quantitative estimate of drug-likeness (QED) is 0.255. The van der Waals surface area contributed by atoms with Crippen LogP contribution in [-0.4, -0.2) is 99.0 Å². The van der Waals surface area contributed by atoms with Crippen molar-refractivity contribution in [3.8, 4) is 17.0 Å². The van der Waals surface area contributed by atoms with Crippen molar-refractivity contribution in [1.29, 1.82) is 0 Å². The first kappa shape index (κ1) is 31.1. The number of alkyl halides is 2. The number of carbonyl (C=O) groups excluding carboxylic acids is 2. The molecule has 0 aliphatic carbocycles. The van der Waals surface area contributed by atoms with Crippen LogP contribution < -0.4 is 15.8 Å². The lowest BCUT2D eigenvalue weighted by molar-refractivity contribution is -0.134. The average Bonchev–Trinajstić information content (AvgIpc) is 3.52. The maximum Gasteiger partial charge on any atom is 0.387 e. The number of amides is 2. The first-order chi connectivity index (χ1) is 21.1. The lowest BCUT2D eigenvalue weighted by Gasteiger charge is -2.32. The molecule has 3 N–H and O–H groups in total. The molecule has 4 aromatic rings. The number of benzene rings is 1. The number of likely N-dealkylation sites (N-methyl/N-ethyl adjacent to an activating group) is 1. The van der Waals surface area contributed by atoms with E-state index in [4.69, 9.17) is 26.8 Å². The predicted octanol–water partition coefficient (Wildman–Crippen LogP) is 3.25. The molecule has 0 saturated carbocycles. The monoisotopic (exact) mass is 631 g/mol. The third-order valence-electron chi connectivity index (χ3n) is 7.06. The van der Waals surface area contributed by atoms with Gasteiger partial charge < -0.3 is 30.3 Å². The van der Waals surface area contributed by atoms with Gasteiger partial charge in [0.2, 0.25) is 5.91 Å². The molecule has 0 radical (unpaired) electrons. The van der Waals surface area contributed by atoms with Crippen LogP contribution >= 0.6 is 11.6 Å². The molecule has 1 saturated heterocycles. The van der Waals surface area contributed by atoms with Crippen molar-refractivity contribution in [2.24, 2.45) is 0 Å². The summed E-state index contributed by atoms with van der Waals surface area (Å²) < 4.78 is 39.9. The molecule has 4 heterocycles. The Morgan fingerprint density at radius 1 is 1.23 bits per heavy atom. The van der Waals surface area contributed by atoms with E-state index >= 15 is 0 Å². The second-order valence-electron chi connectivity index (χ2n) is 10.5. The standard InChI is InChI=1S/C28H32ClF2N9O4/c1-37(2)12-13-43-18-6-10-38(11-7-18)22(41)16-39-15-20(24(35-39)19-14-17(29)4-5-21(19)44-28(30)31)34-27(42)23-25(32)36-40-9-3-8-33-26(23)40/h3-5,8-9,14-15,18,28H,6-7,10-13,16H2,1-2H3,(H2,32,36)(H,34,42). The van der Waals surface area contributed by atoms with E-state index in [1.54, 1.807) is 17.2 Å². The van der Waals surface area contributed by atoms with Crippen LogP contribution in [0.2, 0.25) is 5.02 Å². The third kappa shape index (κ3) is 7.23. The summed E-state index contributed by atoms with van der Waals surface area (Å²) in [5.41, 5.74) is 6.49.